The molecule has 0 atom stereocenters. The van der Waals surface area contributed by atoms with Crippen molar-refractivity contribution in [3.8, 4) is 0 Å². The van der Waals surface area contributed by atoms with E-state index < -0.39 is 0 Å². The second-order valence-corrected chi connectivity index (χ2v) is 3.72. The highest BCUT2D eigenvalue weighted by Gasteiger charge is 2.31. The Hall–Kier alpha value is -0.610. The molecule has 1 aliphatic carbocycles. The fourth-order valence-corrected chi connectivity index (χ4v) is 1.48. The SMILES string of the molecule is CCCNCC(=O)N(CCO)C1CC1. The van der Waals surface area contributed by atoms with Gasteiger partial charge in [-0.05, 0) is 25.8 Å². The van der Waals surface area contributed by atoms with Crippen molar-refractivity contribution < 1.29 is 9.90 Å². The molecule has 0 aromatic carbocycles. The Bertz CT molecular complexity index is 181. The van der Waals surface area contributed by atoms with E-state index in [0.717, 1.165) is 25.8 Å². The molecule has 14 heavy (non-hydrogen) atoms. The van der Waals surface area contributed by atoms with Crippen LogP contribution in [0.25, 0.3) is 0 Å². The molecule has 82 valence electrons. The summed E-state index contributed by atoms with van der Waals surface area (Å²) in [6.07, 6.45) is 3.23. The Morgan fingerprint density at radius 1 is 1.57 bits per heavy atom. The number of carbonyl (C=O) groups excluding carboxylic acids is 1. The van der Waals surface area contributed by atoms with Crippen LogP contribution in [-0.4, -0.2) is 48.2 Å². The molecule has 1 amide bonds. The van der Waals surface area contributed by atoms with Crippen LogP contribution in [0, 0.1) is 0 Å². The standard InChI is InChI=1S/C10H20N2O2/c1-2-5-11-8-10(14)12(6-7-13)9-3-4-9/h9,11,13H,2-8H2,1H3. The maximum atomic E-state index is 11.6. The molecule has 0 bridgehead atoms. The minimum absolute atomic E-state index is 0.0655. The molecule has 0 heterocycles. The second-order valence-electron chi connectivity index (χ2n) is 3.72. The smallest absolute Gasteiger partial charge is 0.236 e. The number of nitrogens with zero attached hydrogens (tertiary/aromatic N) is 1. The monoisotopic (exact) mass is 200 g/mol. The van der Waals surface area contributed by atoms with Crippen molar-refractivity contribution in [1.82, 2.24) is 10.2 Å². The Kier molecular flexibility index (Phi) is 4.90. The molecule has 0 aromatic rings. The van der Waals surface area contributed by atoms with Crippen molar-refractivity contribution in [2.45, 2.75) is 32.2 Å². The molecule has 0 unspecified atom stereocenters. The number of nitrogens with one attached hydrogen (secondary N) is 1. The van der Waals surface area contributed by atoms with E-state index in [1.807, 2.05) is 0 Å². The number of aliphatic hydroxyl groups is 1. The van der Waals surface area contributed by atoms with Crippen LogP contribution in [0.1, 0.15) is 26.2 Å². The van der Waals surface area contributed by atoms with Gasteiger partial charge in [0, 0.05) is 12.6 Å². The molecule has 4 nitrogen and oxygen atoms in total. The number of carbonyl (C=O) groups is 1. The average Bonchev–Trinajstić information content (AvgIpc) is 2.98. The van der Waals surface area contributed by atoms with Gasteiger partial charge in [-0.15, -0.1) is 0 Å². The number of amides is 1. The summed E-state index contributed by atoms with van der Waals surface area (Å²) in [5.74, 6) is 0.120. The van der Waals surface area contributed by atoms with Gasteiger partial charge in [0.2, 0.25) is 5.91 Å². The van der Waals surface area contributed by atoms with E-state index in [4.69, 9.17) is 5.11 Å². The molecule has 0 aliphatic heterocycles. The predicted octanol–water partition coefficient (Wildman–Crippen LogP) is -0.0307. The van der Waals surface area contributed by atoms with Crippen LogP contribution in [0.2, 0.25) is 0 Å². The summed E-state index contributed by atoms with van der Waals surface area (Å²) in [5.41, 5.74) is 0. The van der Waals surface area contributed by atoms with Crippen molar-refractivity contribution in [1.29, 1.82) is 0 Å². The average molecular weight is 200 g/mol. The van der Waals surface area contributed by atoms with Gasteiger partial charge in [0.1, 0.15) is 0 Å². The van der Waals surface area contributed by atoms with Crippen molar-refractivity contribution in [2.75, 3.05) is 26.2 Å². The van der Waals surface area contributed by atoms with Gasteiger partial charge >= 0.3 is 0 Å². The maximum absolute atomic E-state index is 11.6. The van der Waals surface area contributed by atoms with Gasteiger partial charge in [0.05, 0.1) is 13.2 Å². The second kappa shape index (κ2) is 5.98. The largest absolute Gasteiger partial charge is 0.395 e. The maximum Gasteiger partial charge on any atom is 0.236 e. The lowest BCUT2D eigenvalue weighted by molar-refractivity contribution is -0.131. The molecule has 2 N–H and O–H groups in total. The minimum atomic E-state index is 0.0655. The first-order valence-corrected chi connectivity index (χ1v) is 5.40. The molecular weight excluding hydrogens is 180 g/mol. The molecule has 0 aromatic heterocycles. The first kappa shape index (κ1) is 11.5. The highest BCUT2D eigenvalue weighted by Crippen LogP contribution is 2.26. The molecule has 0 spiro atoms. The predicted molar refractivity (Wildman–Crippen MR) is 55.0 cm³/mol. The number of hydrogen-bond donors (Lipinski definition) is 2. The third-order valence-corrected chi connectivity index (χ3v) is 2.35. The summed E-state index contributed by atoms with van der Waals surface area (Å²) in [6.45, 7) is 3.91. The van der Waals surface area contributed by atoms with Gasteiger partial charge in [0.25, 0.3) is 0 Å². The van der Waals surface area contributed by atoms with Crippen LogP contribution < -0.4 is 5.32 Å². The zero-order valence-corrected chi connectivity index (χ0v) is 8.83. The van der Waals surface area contributed by atoms with E-state index in [1.54, 1.807) is 4.90 Å². The third kappa shape index (κ3) is 3.64. The number of rotatable bonds is 7. The topological polar surface area (TPSA) is 52.6 Å². The minimum Gasteiger partial charge on any atom is -0.395 e. The van der Waals surface area contributed by atoms with E-state index in [2.05, 4.69) is 12.2 Å². The quantitative estimate of drug-likeness (QED) is 0.567. The van der Waals surface area contributed by atoms with E-state index in [9.17, 15) is 4.79 Å². The first-order valence-electron chi connectivity index (χ1n) is 5.40. The number of hydrogen-bond acceptors (Lipinski definition) is 3. The van der Waals surface area contributed by atoms with Crippen molar-refractivity contribution in [2.24, 2.45) is 0 Å². The summed E-state index contributed by atoms with van der Waals surface area (Å²) in [5, 5.41) is 11.9. The highest BCUT2D eigenvalue weighted by molar-refractivity contribution is 5.78. The van der Waals surface area contributed by atoms with Crippen LogP contribution >= 0.6 is 0 Å². The first-order chi connectivity index (χ1) is 6.79. The van der Waals surface area contributed by atoms with Crippen LogP contribution in [0.15, 0.2) is 0 Å². The zero-order chi connectivity index (χ0) is 10.4. The summed E-state index contributed by atoms with van der Waals surface area (Å²) in [6, 6.07) is 0.401. The Balaban J connectivity index is 2.23. The summed E-state index contributed by atoms with van der Waals surface area (Å²) < 4.78 is 0. The molecule has 4 heteroatoms. The van der Waals surface area contributed by atoms with Gasteiger partial charge in [-0.3, -0.25) is 4.79 Å². The zero-order valence-electron chi connectivity index (χ0n) is 8.83. The van der Waals surface area contributed by atoms with E-state index in [1.165, 1.54) is 0 Å². The molecular formula is C10H20N2O2. The lowest BCUT2D eigenvalue weighted by Crippen LogP contribution is -2.41. The fraction of sp³-hybridized carbons (Fsp3) is 0.900. The van der Waals surface area contributed by atoms with Crippen molar-refractivity contribution >= 4 is 5.91 Å². The lowest BCUT2D eigenvalue weighted by Gasteiger charge is -2.21. The molecule has 0 saturated heterocycles. The van der Waals surface area contributed by atoms with Crippen molar-refractivity contribution in [3.05, 3.63) is 0 Å². The van der Waals surface area contributed by atoms with Crippen LogP contribution in [0.5, 0.6) is 0 Å². The fourth-order valence-electron chi connectivity index (χ4n) is 1.48. The van der Waals surface area contributed by atoms with E-state index >= 15 is 0 Å². The Labute approximate surface area is 85.3 Å². The van der Waals surface area contributed by atoms with E-state index in [-0.39, 0.29) is 12.5 Å². The van der Waals surface area contributed by atoms with Crippen molar-refractivity contribution in [3.63, 3.8) is 0 Å². The van der Waals surface area contributed by atoms with Crippen LogP contribution in [0.4, 0.5) is 0 Å². The molecule has 1 rings (SSSR count). The van der Waals surface area contributed by atoms with E-state index in [0.29, 0.717) is 19.1 Å². The van der Waals surface area contributed by atoms with Crippen LogP contribution in [0.3, 0.4) is 0 Å². The summed E-state index contributed by atoms with van der Waals surface area (Å²) in [7, 11) is 0. The lowest BCUT2D eigenvalue weighted by atomic mass is 10.4. The van der Waals surface area contributed by atoms with Gasteiger partial charge in [-0.2, -0.15) is 0 Å². The molecule has 1 fully saturated rings. The summed E-state index contributed by atoms with van der Waals surface area (Å²) in [4.78, 5) is 13.4. The molecule has 1 aliphatic rings. The van der Waals surface area contributed by atoms with Gasteiger partial charge < -0.3 is 15.3 Å². The highest BCUT2D eigenvalue weighted by atomic mass is 16.3. The summed E-state index contributed by atoms with van der Waals surface area (Å²) >= 11 is 0. The number of aliphatic hydroxyl groups excluding tert-OH is 1. The molecule has 0 radical (unpaired) electrons. The van der Waals surface area contributed by atoms with Gasteiger partial charge in [-0.25, -0.2) is 0 Å². The van der Waals surface area contributed by atoms with Gasteiger partial charge in [0.15, 0.2) is 0 Å². The Morgan fingerprint density at radius 2 is 2.29 bits per heavy atom. The molecule has 1 saturated carbocycles. The third-order valence-electron chi connectivity index (χ3n) is 2.35. The van der Waals surface area contributed by atoms with Crippen LogP contribution in [-0.2, 0) is 4.79 Å². The Morgan fingerprint density at radius 3 is 2.79 bits per heavy atom. The normalized spacial score (nSPS) is 15.6. The van der Waals surface area contributed by atoms with Gasteiger partial charge in [-0.1, -0.05) is 6.92 Å².